The van der Waals surface area contributed by atoms with E-state index in [1.165, 1.54) is 6.20 Å². The van der Waals surface area contributed by atoms with Gasteiger partial charge in [-0.15, -0.1) is 5.10 Å². The van der Waals surface area contributed by atoms with Gasteiger partial charge in [-0.25, -0.2) is 13.9 Å². The predicted molar refractivity (Wildman–Crippen MR) is 182 cm³/mol. The Morgan fingerprint density at radius 3 is 2.34 bits per heavy atom. The topological polar surface area (TPSA) is 109 Å². The normalized spacial score (nSPS) is 15.4. The summed E-state index contributed by atoms with van der Waals surface area (Å²) in [6.07, 6.45) is 2.94. The highest BCUT2D eigenvalue weighted by atomic mass is 35.5. The van der Waals surface area contributed by atoms with Crippen molar-refractivity contribution >= 4 is 69.6 Å². The first-order valence-electron chi connectivity index (χ1n) is 14.7. The number of pyridine rings is 1. The zero-order valence-electron chi connectivity index (χ0n) is 24.5. The molecule has 1 aliphatic carbocycles. The van der Waals surface area contributed by atoms with Crippen LogP contribution in [0.15, 0.2) is 59.5 Å². The lowest BCUT2D eigenvalue weighted by atomic mass is 10.1. The Morgan fingerprint density at radius 1 is 1.02 bits per heavy atom. The third-order valence-corrected chi connectivity index (χ3v) is 9.65. The molecule has 5 aromatic rings. The molecule has 0 radical (unpaired) electrons. The maximum Gasteiger partial charge on any atom is 0.341 e. The van der Waals surface area contributed by atoms with Gasteiger partial charge in [0.25, 0.3) is 0 Å². The van der Waals surface area contributed by atoms with E-state index in [2.05, 4.69) is 4.90 Å². The highest BCUT2D eigenvalue weighted by Crippen LogP contribution is 2.42. The zero-order chi connectivity index (χ0) is 33.1. The van der Waals surface area contributed by atoms with Crippen LogP contribution in [0.25, 0.3) is 28.0 Å². The molecule has 10 nitrogen and oxygen atoms in total. The summed E-state index contributed by atoms with van der Waals surface area (Å²) in [5.74, 6) is -1.62. The number of anilines is 1. The van der Waals surface area contributed by atoms with Gasteiger partial charge in [-0.3, -0.25) is 14.3 Å². The predicted octanol–water partition coefficient (Wildman–Crippen LogP) is 7.00. The van der Waals surface area contributed by atoms with Crippen LogP contribution in [0.3, 0.4) is 0 Å². The quantitative estimate of drug-likeness (QED) is 0.174. The number of phenolic OH excluding ortho intramolecular Hbond substituents is 1. The second-order valence-corrected chi connectivity index (χ2v) is 13.2. The molecule has 1 saturated carbocycles. The van der Waals surface area contributed by atoms with Gasteiger partial charge in [-0.1, -0.05) is 46.9 Å². The number of hydrogen-bond acceptors (Lipinski definition) is 7. The third kappa shape index (κ3) is 5.78. The number of carbonyl (C=O) groups is 1. The summed E-state index contributed by atoms with van der Waals surface area (Å²) in [5, 5.41) is 25.9. The molecule has 0 unspecified atom stereocenters. The minimum absolute atomic E-state index is 0.00101. The number of halogens is 4. The van der Waals surface area contributed by atoms with Crippen LogP contribution in [0, 0.1) is 10.6 Å². The van der Waals surface area contributed by atoms with Crippen molar-refractivity contribution in [2.24, 2.45) is 0 Å². The molecule has 0 spiro atoms. The molecule has 47 heavy (non-hydrogen) atoms. The molecule has 3 aromatic carbocycles. The van der Waals surface area contributed by atoms with Crippen molar-refractivity contribution in [1.29, 1.82) is 0 Å². The summed E-state index contributed by atoms with van der Waals surface area (Å²) in [6, 6.07) is 13.0. The van der Waals surface area contributed by atoms with Crippen LogP contribution in [0.5, 0.6) is 5.75 Å². The number of aromatic carboxylic acids is 1. The summed E-state index contributed by atoms with van der Waals surface area (Å²) in [7, 11) is 0. The molecule has 242 valence electrons. The van der Waals surface area contributed by atoms with Gasteiger partial charge in [0, 0.05) is 48.5 Å². The second kappa shape index (κ2) is 12.3. The van der Waals surface area contributed by atoms with Crippen LogP contribution in [0.1, 0.15) is 29.2 Å². The molecular weight excluding hydrogens is 690 g/mol. The van der Waals surface area contributed by atoms with Crippen LogP contribution < -0.4 is 10.3 Å². The number of aromatic nitrogens is 4. The number of phenols is 1. The number of piperazine rings is 1. The molecule has 2 aromatic heterocycles. The number of carboxylic acids is 1. The van der Waals surface area contributed by atoms with Crippen molar-refractivity contribution in [2.75, 3.05) is 31.1 Å². The van der Waals surface area contributed by atoms with Gasteiger partial charge < -0.3 is 19.7 Å². The van der Waals surface area contributed by atoms with Gasteiger partial charge in [-0.05, 0) is 61.5 Å². The standard InChI is InChI=1S/C32H26Cl3FN6O4S/c33-17-11-18(34)13-20(12-17)42-30(21-3-1-2-4-25(21)43)37-41(32(42)47)16-38-7-9-39(10-8-38)28-24(36)14-22-27(26(28)35)40(19-5-6-19)15-23(29(22)44)31(45)46/h1-4,11-15,19,43H,5-10,16H2,(H,45,46). The molecule has 2 aliphatic rings. The lowest BCUT2D eigenvalue weighted by Crippen LogP contribution is -2.47. The third-order valence-electron chi connectivity index (χ3n) is 8.47. The van der Waals surface area contributed by atoms with E-state index in [-0.39, 0.29) is 27.9 Å². The molecule has 15 heteroatoms. The molecule has 3 heterocycles. The van der Waals surface area contributed by atoms with E-state index in [1.807, 2.05) is 4.90 Å². The fraction of sp³-hybridized carbons (Fsp3) is 0.250. The first-order valence-corrected chi connectivity index (χ1v) is 16.3. The number of carboxylic acid groups (broad SMARTS) is 1. The summed E-state index contributed by atoms with van der Waals surface area (Å²) < 4.78 is 21.1. The van der Waals surface area contributed by atoms with E-state index in [4.69, 9.17) is 52.1 Å². The van der Waals surface area contributed by atoms with Gasteiger partial charge in [0.1, 0.15) is 17.1 Å². The Morgan fingerprint density at radius 2 is 1.70 bits per heavy atom. The lowest BCUT2D eigenvalue weighted by Gasteiger charge is -2.36. The minimum atomic E-state index is -1.36. The molecule has 7 rings (SSSR count). The maximum atomic E-state index is 15.7. The van der Waals surface area contributed by atoms with Crippen LogP contribution in [0.2, 0.25) is 15.1 Å². The Hall–Kier alpha value is -3.94. The van der Waals surface area contributed by atoms with Crippen molar-refractivity contribution in [3.8, 4) is 22.8 Å². The summed E-state index contributed by atoms with van der Waals surface area (Å²) in [6.45, 7) is 2.14. The van der Waals surface area contributed by atoms with Crippen molar-refractivity contribution in [2.45, 2.75) is 25.6 Å². The van der Waals surface area contributed by atoms with Gasteiger partial charge >= 0.3 is 5.97 Å². The van der Waals surface area contributed by atoms with E-state index in [9.17, 15) is 19.8 Å². The minimum Gasteiger partial charge on any atom is -0.507 e. The number of hydrogen-bond donors (Lipinski definition) is 2. The number of benzene rings is 3. The average Bonchev–Trinajstić information content (AvgIpc) is 3.82. The zero-order valence-corrected chi connectivity index (χ0v) is 27.6. The molecule has 2 N–H and O–H groups in total. The first-order chi connectivity index (χ1) is 22.5. The van der Waals surface area contributed by atoms with Crippen LogP contribution in [-0.2, 0) is 6.67 Å². The van der Waals surface area contributed by atoms with E-state index in [0.29, 0.717) is 70.3 Å². The molecule has 0 bridgehead atoms. The van der Waals surface area contributed by atoms with E-state index >= 15 is 4.39 Å². The number of fused-ring (bicyclic) bond motifs is 1. The monoisotopic (exact) mass is 714 g/mol. The molecule has 2 fully saturated rings. The Labute approximate surface area is 287 Å². The van der Waals surface area contributed by atoms with Crippen molar-refractivity contribution in [1.82, 2.24) is 23.8 Å². The van der Waals surface area contributed by atoms with Crippen molar-refractivity contribution in [3.05, 3.63) is 96.2 Å². The van der Waals surface area contributed by atoms with E-state index in [0.717, 1.165) is 18.9 Å². The second-order valence-electron chi connectivity index (χ2n) is 11.6. The van der Waals surface area contributed by atoms with Crippen LogP contribution >= 0.6 is 47.0 Å². The number of para-hydroxylation sites is 1. The summed E-state index contributed by atoms with van der Waals surface area (Å²) in [4.78, 5) is 28.7. The largest absolute Gasteiger partial charge is 0.507 e. The fourth-order valence-electron chi connectivity index (χ4n) is 6.05. The van der Waals surface area contributed by atoms with Crippen LogP contribution in [0.4, 0.5) is 10.1 Å². The van der Waals surface area contributed by atoms with Gasteiger partial charge in [0.05, 0.1) is 39.5 Å². The average molecular weight is 716 g/mol. The molecular formula is C32H26Cl3FN6O4S. The van der Waals surface area contributed by atoms with Gasteiger partial charge in [0.15, 0.2) is 5.82 Å². The Kier molecular flexibility index (Phi) is 8.25. The highest BCUT2D eigenvalue weighted by Gasteiger charge is 2.31. The van der Waals surface area contributed by atoms with Crippen molar-refractivity contribution < 1.29 is 19.4 Å². The van der Waals surface area contributed by atoms with Gasteiger partial charge in [-0.2, -0.15) is 0 Å². The van der Waals surface area contributed by atoms with Gasteiger partial charge in [0.2, 0.25) is 10.2 Å². The maximum absolute atomic E-state index is 15.7. The first kappa shape index (κ1) is 31.6. The molecule has 1 aliphatic heterocycles. The lowest BCUT2D eigenvalue weighted by molar-refractivity contribution is 0.0694. The molecule has 0 amide bonds. The number of nitrogens with zero attached hydrogens (tertiary/aromatic N) is 6. The summed E-state index contributed by atoms with van der Waals surface area (Å²) in [5.41, 5.74) is 0.407. The SMILES string of the molecule is O=C(O)c1cn(C2CC2)c2c(Cl)c(N3CCN(Cn4nc(-c5ccccc5O)n(-c5cc(Cl)cc(Cl)c5)c4=S)CC3)c(F)cc2c1=O. The fourth-order valence-corrected chi connectivity index (χ4v) is 7.27. The van der Waals surface area contributed by atoms with Crippen LogP contribution in [-0.4, -0.2) is 66.2 Å². The molecule has 1 saturated heterocycles. The summed E-state index contributed by atoms with van der Waals surface area (Å²) >= 11 is 25.4. The Bertz CT molecular complexity index is 2190. The van der Waals surface area contributed by atoms with E-state index < -0.39 is 22.8 Å². The van der Waals surface area contributed by atoms with Crippen molar-refractivity contribution in [3.63, 3.8) is 0 Å². The Balaban J connectivity index is 1.19. The number of aromatic hydroxyl groups is 1. The molecule has 0 atom stereocenters. The highest BCUT2D eigenvalue weighted by molar-refractivity contribution is 7.71. The number of rotatable bonds is 7. The smallest absolute Gasteiger partial charge is 0.341 e. The van der Waals surface area contributed by atoms with E-state index in [1.54, 1.807) is 56.3 Å².